The number of anilines is 1. The minimum Gasteiger partial charge on any atom is -0.378 e. The van der Waals surface area contributed by atoms with Crippen LogP contribution in [0.15, 0.2) is 85.3 Å². The van der Waals surface area contributed by atoms with E-state index in [0.29, 0.717) is 0 Å². The highest BCUT2D eigenvalue weighted by molar-refractivity contribution is 5.83. The zero-order chi connectivity index (χ0) is 16.2. The lowest BCUT2D eigenvalue weighted by molar-refractivity contribution is 0.779. The highest BCUT2D eigenvalue weighted by Gasteiger charge is 2.14. The Bertz CT molecular complexity index is 913. The normalized spacial score (nSPS) is 12.2. The first-order valence-corrected chi connectivity index (χ1v) is 8.16. The number of nitrogens with zero attached hydrogens (tertiary/aromatic N) is 1. The molecule has 0 aliphatic heterocycles. The maximum Gasteiger partial charge on any atom is 0.0554 e. The standard InChI is InChI=1S/C21H19N3/c1-2-6-16(7-3-1)21(24-18-10-12-22-13-11-18)14-17-15-23-20-9-5-4-8-19(17)20/h1-13,15,21,23H,14H2,(H,22,24). The maximum absolute atomic E-state index is 4.10. The Morgan fingerprint density at radius 3 is 2.46 bits per heavy atom. The van der Waals surface area contributed by atoms with Gasteiger partial charge in [0, 0.05) is 35.2 Å². The monoisotopic (exact) mass is 313 g/mol. The van der Waals surface area contributed by atoms with E-state index < -0.39 is 0 Å². The van der Waals surface area contributed by atoms with Crippen LogP contribution in [0.5, 0.6) is 0 Å². The average Bonchev–Trinajstić information content (AvgIpc) is 3.06. The molecule has 3 nitrogen and oxygen atoms in total. The summed E-state index contributed by atoms with van der Waals surface area (Å²) in [4.78, 5) is 7.47. The lowest BCUT2D eigenvalue weighted by atomic mass is 9.98. The number of H-pyrrole nitrogens is 1. The topological polar surface area (TPSA) is 40.7 Å². The summed E-state index contributed by atoms with van der Waals surface area (Å²) in [7, 11) is 0. The Morgan fingerprint density at radius 1 is 0.875 bits per heavy atom. The Kier molecular flexibility index (Phi) is 3.98. The van der Waals surface area contributed by atoms with Crippen LogP contribution in [0.25, 0.3) is 10.9 Å². The van der Waals surface area contributed by atoms with E-state index in [1.165, 1.54) is 22.0 Å². The van der Waals surface area contributed by atoms with Gasteiger partial charge in [0.05, 0.1) is 6.04 Å². The largest absolute Gasteiger partial charge is 0.378 e. The molecule has 0 saturated heterocycles. The molecule has 2 aromatic carbocycles. The van der Waals surface area contributed by atoms with Crippen LogP contribution >= 0.6 is 0 Å². The number of benzene rings is 2. The summed E-state index contributed by atoms with van der Waals surface area (Å²) < 4.78 is 0. The first kappa shape index (κ1) is 14.5. The van der Waals surface area contributed by atoms with Crippen LogP contribution < -0.4 is 5.32 Å². The SMILES string of the molecule is c1ccc(C(Cc2c[nH]c3ccccc23)Nc2ccncc2)cc1. The van der Waals surface area contributed by atoms with Crippen LogP contribution in [0, 0.1) is 0 Å². The van der Waals surface area contributed by atoms with Crippen LogP contribution in [0.1, 0.15) is 17.2 Å². The van der Waals surface area contributed by atoms with Crippen molar-refractivity contribution in [2.75, 3.05) is 5.32 Å². The third-order valence-electron chi connectivity index (χ3n) is 4.32. The fourth-order valence-corrected chi connectivity index (χ4v) is 3.11. The number of nitrogens with one attached hydrogen (secondary N) is 2. The lowest BCUT2D eigenvalue weighted by Crippen LogP contribution is -2.13. The van der Waals surface area contributed by atoms with Crippen LogP contribution in [-0.2, 0) is 6.42 Å². The predicted octanol–water partition coefficient (Wildman–Crippen LogP) is 4.96. The molecule has 4 aromatic rings. The molecule has 2 heterocycles. The fourth-order valence-electron chi connectivity index (χ4n) is 3.11. The van der Waals surface area contributed by atoms with Crippen LogP contribution in [0.3, 0.4) is 0 Å². The van der Waals surface area contributed by atoms with Gasteiger partial charge in [-0.1, -0.05) is 48.5 Å². The van der Waals surface area contributed by atoms with E-state index in [-0.39, 0.29) is 6.04 Å². The summed E-state index contributed by atoms with van der Waals surface area (Å²) in [5.74, 6) is 0. The molecule has 0 saturated carbocycles. The molecule has 1 unspecified atom stereocenters. The molecule has 0 spiro atoms. The van der Waals surface area contributed by atoms with Crippen molar-refractivity contribution < 1.29 is 0 Å². The van der Waals surface area contributed by atoms with Crippen LogP contribution in [0.2, 0.25) is 0 Å². The third-order valence-corrected chi connectivity index (χ3v) is 4.32. The van der Waals surface area contributed by atoms with Crippen molar-refractivity contribution >= 4 is 16.6 Å². The van der Waals surface area contributed by atoms with E-state index in [4.69, 9.17) is 0 Å². The van der Waals surface area contributed by atoms with Gasteiger partial charge in [-0.05, 0) is 35.7 Å². The van der Waals surface area contributed by atoms with E-state index in [1.807, 2.05) is 24.5 Å². The average molecular weight is 313 g/mol. The van der Waals surface area contributed by atoms with Gasteiger partial charge in [0.15, 0.2) is 0 Å². The van der Waals surface area contributed by atoms with Crippen molar-refractivity contribution in [3.05, 3.63) is 96.4 Å². The molecule has 2 aromatic heterocycles. The highest BCUT2D eigenvalue weighted by atomic mass is 14.9. The van der Waals surface area contributed by atoms with Crippen molar-refractivity contribution in [3.8, 4) is 0 Å². The second kappa shape index (κ2) is 6.59. The van der Waals surface area contributed by atoms with Crippen molar-refractivity contribution in [2.45, 2.75) is 12.5 Å². The molecule has 4 rings (SSSR count). The van der Waals surface area contributed by atoms with E-state index in [9.17, 15) is 0 Å². The molecule has 0 aliphatic rings. The van der Waals surface area contributed by atoms with Crippen molar-refractivity contribution in [2.24, 2.45) is 0 Å². The number of pyridine rings is 1. The Hall–Kier alpha value is -3.07. The molecule has 2 N–H and O–H groups in total. The smallest absolute Gasteiger partial charge is 0.0554 e. The molecule has 0 amide bonds. The summed E-state index contributed by atoms with van der Waals surface area (Å²) in [6.45, 7) is 0. The molecule has 24 heavy (non-hydrogen) atoms. The van der Waals surface area contributed by atoms with Gasteiger partial charge in [-0.3, -0.25) is 4.98 Å². The van der Waals surface area contributed by atoms with E-state index >= 15 is 0 Å². The van der Waals surface area contributed by atoms with Crippen molar-refractivity contribution in [3.63, 3.8) is 0 Å². The van der Waals surface area contributed by atoms with Crippen molar-refractivity contribution in [1.29, 1.82) is 0 Å². The molecule has 0 bridgehead atoms. The summed E-state index contributed by atoms with van der Waals surface area (Å²) in [6, 6.07) is 23.2. The first-order chi connectivity index (χ1) is 11.9. The predicted molar refractivity (Wildman–Crippen MR) is 99.0 cm³/mol. The molecular formula is C21H19N3. The van der Waals surface area contributed by atoms with Crippen molar-refractivity contribution in [1.82, 2.24) is 9.97 Å². The van der Waals surface area contributed by atoms with Gasteiger partial charge < -0.3 is 10.3 Å². The number of rotatable bonds is 5. The number of aromatic nitrogens is 2. The fraction of sp³-hybridized carbons (Fsp3) is 0.0952. The summed E-state index contributed by atoms with van der Waals surface area (Å²) >= 11 is 0. The van der Waals surface area contributed by atoms with Gasteiger partial charge in [0.25, 0.3) is 0 Å². The molecule has 0 fully saturated rings. The molecule has 0 aliphatic carbocycles. The van der Waals surface area contributed by atoms with E-state index in [1.54, 1.807) is 0 Å². The minimum absolute atomic E-state index is 0.202. The quantitative estimate of drug-likeness (QED) is 0.547. The second-order valence-corrected chi connectivity index (χ2v) is 5.91. The summed E-state index contributed by atoms with van der Waals surface area (Å²) in [5, 5.41) is 4.93. The number of aromatic amines is 1. The molecule has 1 atom stereocenters. The summed E-state index contributed by atoms with van der Waals surface area (Å²) in [5.41, 5.74) is 4.86. The number of hydrogen-bond donors (Lipinski definition) is 2. The molecule has 0 radical (unpaired) electrons. The second-order valence-electron chi connectivity index (χ2n) is 5.91. The van der Waals surface area contributed by atoms with Gasteiger partial charge >= 0.3 is 0 Å². The zero-order valence-electron chi connectivity index (χ0n) is 13.3. The van der Waals surface area contributed by atoms with Gasteiger partial charge in [-0.2, -0.15) is 0 Å². The van der Waals surface area contributed by atoms with Crippen LogP contribution in [-0.4, -0.2) is 9.97 Å². The van der Waals surface area contributed by atoms with E-state index in [2.05, 4.69) is 76.1 Å². The van der Waals surface area contributed by atoms with Crippen LogP contribution in [0.4, 0.5) is 5.69 Å². The van der Waals surface area contributed by atoms with E-state index in [0.717, 1.165) is 12.1 Å². The molecule has 118 valence electrons. The number of para-hydroxylation sites is 1. The Morgan fingerprint density at radius 2 is 1.62 bits per heavy atom. The lowest BCUT2D eigenvalue weighted by Gasteiger charge is -2.20. The minimum atomic E-state index is 0.202. The number of fused-ring (bicyclic) bond motifs is 1. The number of hydrogen-bond acceptors (Lipinski definition) is 2. The molecule has 3 heteroatoms. The zero-order valence-corrected chi connectivity index (χ0v) is 13.3. The highest BCUT2D eigenvalue weighted by Crippen LogP contribution is 2.27. The Balaban J connectivity index is 1.67. The Labute approximate surface area is 141 Å². The maximum atomic E-state index is 4.10. The summed E-state index contributed by atoms with van der Waals surface area (Å²) in [6.07, 6.45) is 6.66. The third kappa shape index (κ3) is 3.01. The van der Waals surface area contributed by atoms with Gasteiger partial charge in [-0.25, -0.2) is 0 Å². The first-order valence-electron chi connectivity index (χ1n) is 8.16. The van der Waals surface area contributed by atoms with Gasteiger partial charge in [-0.15, -0.1) is 0 Å². The molecular weight excluding hydrogens is 294 g/mol. The van der Waals surface area contributed by atoms with Gasteiger partial charge in [0.2, 0.25) is 0 Å². The van der Waals surface area contributed by atoms with Gasteiger partial charge in [0.1, 0.15) is 0 Å².